The second-order valence-corrected chi connectivity index (χ2v) is 6.47. The number of benzene rings is 1. The molecule has 27 heavy (non-hydrogen) atoms. The predicted molar refractivity (Wildman–Crippen MR) is 89.0 cm³/mol. The smallest absolute Gasteiger partial charge is 0.387 e. The van der Waals surface area contributed by atoms with Crippen LogP contribution in [0.1, 0.15) is 41.9 Å². The van der Waals surface area contributed by atoms with Crippen LogP contribution in [0.15, 0.2) is 24.3 Å². The summed E-state index contributed by atoms with van der Waals surface area (Å²) in [5.41, 5.74) is 0.303. The zero-order valence-electron chi connectivity index (χ0n) is 14.5. The highest BCUT2D eigenvalue weighted by atomic mass is 19.3. The second kappa shape index (κ2) is 7.29. The number of carbonyl (C=O) groups is 2. The molecule has 0 bridgehead atoms. The Hall–Kier alpha value is -3.04. The summed E-state index contributed by atoms with van der Waals surface area (Å²) in [5.74, 6) is -1.45. The van der Waals surface area contributed by atoms with Crippen molar-refractivity contribution < 1.29 is 28.2 Å². The molecule has 1 aromatic carbocycles. The van der Waals surface area contributed by atoms with Gasteiger partial charge >= 0.3 is 12.6 Å². The first-order valence-electron chi connectivity index (χ1n) is 8.31. The lowest BCUT2D eigenvalue weighted by atomic mass is 9.74. The summed E-state index contributed by atoms with van der Waals surface area (Å²) in [7, 11) is 0. The molecule has 1 saturated carbocycles. The van der Waals surface area contributed by atoms with Crippen LogP contribution in [0.25, 0.3) is 5.69 Å². The Bertz CT molecular complexity index is 847. The molecule has 0 atom stereocenters. The van der Waals surface area contributed by atoms with Crippen LogP contribution < -0.4 is 10.1 Å². The first kappa shape index (κ1) is 18.7. The quantitative estimate of drug-likeness (QED) is 0.763. The van der Waals surface area contributed by atoms with Gasteiger partial charge in [0.05, 0.1) is 23.3 Å². The molecule has 1 heterocycles. The zero-order valence-corrected chi connectivity index (χ0v) is 14.5. The predicted octanol–water partition coefficient (Wildman–Crippen LogP) is 2.30. The summed E-state index contributed by atoms with van der Waals surface area (Å²) >= 11 is 0. The number of ether oxygens (including phenoxy) is 1. The fourth-order valence-corrected chi connectivity index (χ4v) is 3.09. The first-order valence-corrected chi connectivity index (χ1v) is 8.31. The number of carbonyl (C=O) groups excluding carboxylic acids is 1. The molecule has 1 aliphatic rings. The van der Waals surface area contributed by atoms with Gasteiger partial charge in [-0.05, 0) is 50.5 Å². The Kier molecular flexibility index (Phi) is 5.06. The first-order chi connectivity index (χ1) is 12.8. The van der Waals surface area contributed by atoms with E-state index in [2.05, 4.69) is 20.4 Å². The number of aliphatic carboxylic acids is 1. The number of carboxylic acids is 1. The molecule has 1 aliphatic carbocycles. The molecule has 1 fully saturated rings. The van der Waals surface area contributed by atoms with Crippen molar-refractivity contribution in [3.05, 3.63) is 35.7 Å². The number of halogens is 2. The van der Waals surface area contributed by atoms with Gasteiger partial charge in [0.1, 0.15) is 5.75 Å². The van der Waals surface area contributed by atoms with E-state index >= 15 is 0 Å². The van der Waals surface area contributed by atoms with Crippen molar-refractivity contribution in [3.63, 3.8) is 0 Å². The van der Waals surface area contributed by atoms with Crippen molar-refractivity contribution in [3.8, 4) is 11.4 Å². The largest absolute Gasteiger partial charge is 0.481 e. The van der Waals surface area contributed by atoms with E-state index in [1.54, 1.807) is 6.92 Å². The number of aromatic nitrogens is 3. The van der Waals surface area contributed by atoms with Gasteiger partial charge in [-0.1, -0.05) is 5.21 Å². The van der Waals surface area contributed by atoms with E-state index < -0.39 is 24.0 Å². The molecule has 144 valence electrons. The number of hydrogen-bond donors (Lipinski definition) is 2. The van der Waals surface area contributed by atoms with Gasteiger partial charge in [0, 0.05) is 0 Å². The Morgan fingerprint density at radius 2 is 2.00 bits per heavy atom. The van der Waals surface area contributed by atoms with Crippen molar-refractivity contribution in [2.24, 2.45) is 0 Å². The number of amides is 1. The van der Waals surface area contributed by atoms with Gasteiger partial charge in [0.25, 0.3) is 5.91 Å². The Morgan fingerprint density at radius 1 is 1.33 bits per heavy atom. The van der Waals surface area contributed by atoms with Crippen LogP contribution in [0.3, 0.4) is 0 Å². The maximum absolute atomic E-state index is 12.6. The number of carboxylic acid groups (broad SMARTS) is 1. The van der Waals surface area contributed by atoms with Crippen LogP contribution in [-0.4, -0.2) is 44.1 Å². The molecule has 1 aromatic heterocycles. The molecule has 0 spiro atoms. The van der Waals surface area contributed by atoms with E-state index in [4.69, 9.17) is 5.11 Å². The number of alkyl halides is 2. The summed E-state index contributed by atoms with van der Waals surface area (Å²) in [4.78, 5) is 23.6. The summed E-state index contributed by atoms with van der Waals surface area (Å²) in [6, 6.07) is 5.75. The van der Waals surface area contributed by atoms with Gasteiger partial charge in [-0.3, -0.25) is 9.59 Å². The molecule has 2 N–H and O–H groups in total. The van der Waals surface area contributed by atoms with Crippen LogP contribution in [0, 0.1) is 6.92 Å². The van der Waals surface area contributed by atoms with Crippen LogP contribution >= 0.6 is 0 Å². The van der Waals surface area contributed by atoms with E-state index in [9.17, 15) is 18.4 Å². The standard InChI is InChI=1S/C17H18F2N4O4/c1-10-14(15(26)20-17(7-2-8-17)9-13(24)25)21-22-23(10)11-3-5-12(6-4-11)27-16(18)19/h3-6,16H,2,7-9H2,1H3,(H,20,26)(H,24,25). The van der Waals surface area contributed by atoms with E-state index in [1.807, 2.05) is 0 Å². The van der Waals surface area contributed by atoms with Crippen molar-refractivity contribution >= 4 is 11.9 Å². The molecule has 3 rings (SSSR count). The Balaban J connectivity index is 1.76. The third-order valence-electron chi connectivity index (χ3n) is 4.60. The van der Waals surface area contributed by atoms with Crippen LogP contribution in [0.2, 0.25) is 0 Å². The summed E-state index contributed by atoms with van der Waals surface area (Å²) in [6.45, 7) is -1.27. The minimum Gasteiger partial charge on any atom is -0.481 e. The molecule has 0 aliphatic heterocycles. The minimum atomic E-state index is -2.91. The van der Waals surface area contributed by atoms with E-state index in [0.29, 0.717) is 24.2 Å². The average molecular weight is 380 g/mol. The summed E-state index contributed by atoms with van der Waals surface area (Å²) in [5, 5.41) is 19.6. The van der Waals surface area contributed by atoms with Gasteiger partial charge < -0.3 is 15.2 Å². The lowest BCUT2D eigenvalue weighted by Crippen LogP contribution is -2.54. The molecule has 0 radical (unpaired) electrons. The monoisotopic (exact) mass is 380 g/mol. The molecular weight excluding hydrogens is 362 g/mol. The molecule has 0 unspecified atom stereocenters. The fraction of sp³-hybridized carbons (Fsp3) is 0.412. The van der Waals surface area contributed by atoms with Gasteiger partial charge in [-0.15, -0.1) is 5.10 Å². The number of hydrogen-bond acceptors (Lipinski definition) is 5. The number of nitrogens with zero attached hydrogens (tertiary/aromatic N) is 3. The van der Waals surface area contributed by atoms with Gasteiger partial charge in [0.2, 0.25) is 0 Å². The van der Waals surface area contributed by atoms with E-state index in [0.717, 1.165) is 6.42 Å². The van der Waals surface area contributed by atoms with Gasteiger partial charge in [-0.25, -0.2) is 4.68 Å². The highest BCUT2D eigenvalue weighted by Crippen LogP contribution is 2.35. The summed E-state index contributed by atoms with van der Waals surface area (Å²) < 4.78 is 30.1. The number of rotatable bonds is 7. The van der Waals surface area contributed by atoms with Crippen molar-refractivity contribution in [1.29, 1.82) is 0 Å². The normalized spacial score (nSPS) is 15.3. The lowest BCUT2D eigenvalue weighted by molar-refractivity contribution is -0.139. The van der Waals surface area contributed by atoms with E-state index in [-0.39, 0.29) is 17.9 Å². The highest BCUT2D eigenvalue weighted by Gasteiger charge is 2.41. The van der Waals surface area contributed by atoms with Crippen LogP contribution in [0.4, 0.5) is 8.78 Å². The Morgan fingerprint density at radius 3 is 2.52 bits per heavy atom. The minimum absolute atomic E-state index is 0.00470. The summed E-state index contributed by atoms with van der Waals surface area (Å²) in [6.07, 6.45) is 1.91. The molecule has 10 heteroatoms. The van der Waals surface area contributed by atoms with Crippen molar-refractivity contribution in [2.75, 3.05) is 0 Å². The fourth-order valence-electron chi connectivity index (χ4n) is 3.09. The van der Waals surface area contributed by atoms with Crippen LogP contribution in [-0.2, 0) is 4.79 Å². The second-order valence-electron chi connectivity index (χ2n) is 6.47. The SMILES string of the molecule is Cc1c(C(=O)NC2(CC(=O)O)CCC2)nnn1-c1ccc(OC(F)F)cc1. The van der Waals surface area contributed by atoms with Gasteiger partial charge in [-0.2, -0.15) is 8.78 Å². The van der Waals surface area contributed by atoms with Crippen LogP contribution in [0.5, 0.6) is 5.75 Å². The van der Waals surface area contributed by atoms with E-state index in [1.165, 1.54) is 28.9 Å². The molecular formula is C17H18F2N4O4. The maximum atomic E-state index is 12.6. The number of nitrogens with one attached hydrogen (secondary N) is 1. The van der Waals surface area contributed by atoms with Crippen molar-refractivity contribution in [1.82, 2.24) is 20.3 Å². The van der Waals surface area contributed by atoms with Crippen molar-refractivity contribution in [2.45, 2.75) is 44.8 Å². The molecule has 1 amide bonds. The molecule has 8 nitrogen and oxygen atoms in total. The third-order valence-corrected chi connectivity index (χ3v) is 4.60. The molecule has 0 saturated heterocycles. The topological polar surface area (TPSA) is 106 Å². The highest BCUT2D eigenvalue weighted by molar-refractivity contribution is 5.94. The maximum Gasteiger partial charge on any atom is 0.387 e. The van der Waals surface area contributed by atoms with Gasteiger partial charge in [0.15, 0.2) is 5.69 Å². The molecule has 2 aromatic rings. The average Bonchev–Trinajstić information content (AvgIpc) is 2.94. The lowest BCUT2D eigenvalue weighted by Gasteiger charge is -2.41. The zero-order chi connectivity index (χ0) is 19.6. The third kappa shape index (κ3) is 4.04. The Labute approximate surface area is 153 Å².